The molecule has 3 amide bonds. The lowest BCUT2D eigenvalue weighted by Crippen LogP contribution is -2.47. The van der Waals surface area contributed by atoms with Gasteiger partial charge in [-0.3, -0.25) is 10.1 Å². The lowest BCUT2D eigenvalue weighted by molar-refractivity contribution is -0.120. The second-order valence-corrected chi connectivity index (χ2v) is 16.2. The van der Waals surface area contributed by atoms with Gasteiger partial charge in [-0.05, 0) is 72.5 Å². The van der Waals surface area contributed by atoms with Gasteiger partial charge in [-0.1, -0.05) is 20.8 Å². The van der Waals surface area contributed by atoms with Gasteiger partial charge in [0.15, 0.2) is 8.32 Å². The number of carbonyl (C=O) groups excluding carboxylic acids is 3. The molecule has 0 aromatic rings. The number of hydrogen-bond acceptors (Lipinski definition) is 6. The van der Waals surface area contributed by atoms with E-state index in [1.807, 2.05) is 0 Å². The van der Waals surface area contributed by atoms with Crippen molar-refractivity contribution in [2.45, 2.75) is 117 Å². The average Bonchev–Trinajstić information content (AvgIpc) is 2.47. The number of alkyl carbamates (subject to hydrolysis) is 2. The van der Waals surface area contributed by atoms with E-state index in [0.29, 0.717) is 19.4 Å². The molecule has 0 aromatic heterocycles. The van der Waals surface area contributed by atoms with Crippen molar-refractivity contribution >= 4 is 26.4 Å². The van der Waals surface area contributed by atoms with Crippen molar-refractivity contribution in [3.8, 4) is 0 Å². The zero-order chi connectivity index (χ0) is 24.7. The molecule has 182 valence electrons. The first-order valence-corrected chi connectivity index (χ1v) is 13.8. The van der Waals surface area contributed by atoms with Crippen LogP contribution in [-0.2, 0) is 18.7 Å². The summed E-state index contributed by atoms with van der Waals surface area (Å²) >= 11 is 0. The number of carbonyl (C=O) groups is 3. The molecule has 1 atom stereocenters. The third kappa shape index (κ3) is 14.1. The molecule has 0 radical (unpaired) electrons. The smallest absolute Gasteiger partial charge is 0.414 e. The molecule has 0 bridgehead atoms. The Bertz CT molecular complexity index is 615. The third-order valence-electron chi connectivity index (χ3n) is 4.77. The Hall–Kier alpha value is -1.61. The van der Waals surface area contributed by atoms with E-state index >= 15 is 0 Å². The Labute approximate surface area is 189 Å². The Morgan fingerprint density at radius 1 is 0.839 bits per heavy atom. The van der Waals surface area contributed by atoms with Gasteiger partial charge >= 0.3 is 12.2 Å². The van der Waals surface area contributed by atoms with Crippen molar-refractivity contribution in [3.05, 3.63) is 0 Å². The second kappa shape index (κ2) is 11.3. The van der Waals surface area contributed by atoms with Crippen LogP contribution in [0.2, 0.25) is 18.1 Å². The standard InChI is InChI=1S/C22H44N2O6Si/c1-20(2,3)29-18(26)23-16(15-28-31(10,11)22(7,8)9)13-12-14-17(25)24-19(27)30-21(4,5)6/h16H,12-15H2,1-11H3,(H,23,26)(H,24,25,27)/t16-/m0/s1. The molecule has 31 heavy (non-hydrogen) atoms. The van der Waals surface area contributed by atoms with Crippen LogP contribution in [0.5, 0.6) is 0 Å². The van der Waals surface area contributed by atoms with Crippen LogP contribution >= 0.6 is 0 Å². The molecule has 2 N–H and O–H groups in total. The van der Waals surface area contributed by atoms with E-state index in [1.54, 1.807) is 41.5 Å². The maximum atomic E-state index is 12.2. The molecule has 9 heteroatoms. The quantitative estimate of drug-likeness (QED) is 0.487. The molecule has 0 unspecified atom stereocenters. The Balaban J connectivity index is 4.85. The maximum absolute atomic E-state index is 12.2. The summed E-state index contributed by atoms with van der Waals surface area (Å²) in [5, 5.41) is 5.12. The van der Waals surface area contributed by atoms with Crippen LogP contribution in [0.4, 0.5) is 9.59 Å². The summed E-state index contributed by atoms with van der Waals surface area (Å²) in [6, 6.07) is -0.307. The van der Waals surface area contributed by atoms with Gasteiger partial charge in [0.1, 0.15) is 11.2 Å². The zero-order valence-corrected chi connectivity index (χ0v) is 22.4. The lowest BCUT2D eigenvalue weighted by atomic mass is 10.1. The molecule has 0 fully saturated rings. The van der Waals surface area contributed by atoms with Crippen molar-refractivity contribution in [1.29, 1.82) is 0 Å². The van der Waals surface area contributed by atoms with E-state index < -0.39 is 37.6 Å². The first-order chi connectivity index (χ1) is 13.7. The van der Waals surface area contributed by atoms with Crippen molar-refractivity contribution in [2.75, 3.05) is 6.61 Å². The highest BCUT2D eigenvalue weighted by Gasteiger charge is 2.37. The van der Waals surface area contributed by atoms with Crippen LogP contribution in [0.3, 0.4) is 0 Å². The van der Waals surface area contributed by atoms with Gasteiger partial charge in [-0.2, -0.15) is 0 Å². The fraction of sp³-hybridized carbons (Fsp3) is 0.864. The molecule has 0 aliphatic carbocycles. The molecular weight excluding hydrogens is 416 g/mol. The largest absolute Gasteiger partial charge is 0.444 e. The van der Waals surface area contributed by atoms with Gasteiger partial charge < -0.3 is 19.2 Å². The average molecular weight is 461 g/mol. The first kappa shape index (κ1) is 29.4. The predicted molar refractivity (Wildman–Crippen MR) is 125 cm³/mol. The zero-order valence-electron chi connectivity index (χ0n) is 21.4. The topological polar surface area (TPSA) is 103 Å². The van der Waals surface area contributed by atoms with Crippen molar-refractivity contribution in [3.63, 3.8) is 0 Å². The molecule has 0 heterocycles. The minimum Gasteiger partial charge on any atom is -0.444 e. The van der Waals surface area contributed by atoms with Gasteiger partial charge in [-0.15, -0.1) is 0 Å². The van der Waals surface area contributed by atoms with E-state index in [-0.39, 0.29) is 17.5 Å². The van der Waals surface area contributed by atoms with Crippen LogP contribution in [0.1, 0.15) is 81.6 Å². The molecule has 0 rings (SSSR count). The molecule has 0 aliphatic rings. The van der Waals surface area contributed by atoms with Gasteiger partial charge in [0.25, 0.3) is 0 Å². The molecule has 0 saturated carbocycles. The maximum Gasteiger partial charge on any atom is 0.414 e. The van der Waals surface area contributed by atoms with Gasteiger partial charge in [0, 0.05) is 6.42 Å². The lowest BCUT2D eigenvalue weighted by Gasteiger charge is -2.37. The molecule has 0 aliphatic heterocycles. The summed E-state index contributed by atoms with van der Waals surface area (Å²) in [4.78, 5) is 36.0. The Morgan fingerprint density at radius 2 is 1.32 bits per heavy atom. The van der Waals surface area contributed by atoms with E-state index in [9.17, 15) is 14.4 Å². The normalized spacial score (nSPS) is 13.9. The number of imide groups is 1. The minimum atomic E-state index is -2.00. The van der Waals surface area contributed by atoms with Crippen molar-refractivity contribution in [1.82, 2.24) is 10.6 Å². The van der Waals surface area contributed by atoms with E-state index in [1.165, 1.54) is 0 Å². The van der Waals surface area contributed by atoms with Crippen LogP contribution < -0.4 is 10.6 Å². The molecule has 8 nitrogen and oxygen atoms in total. The highest BCUT2D eigenvalue weighted by molar-refractivity contribution is 6.74. The number of nitrogens with one attached hydrogen (secondary N) is 2. The summed E-state index contributed by atoms with van der Waals surface area (Å²) in [5.41, 5.74) is -1.28. The van der Waals surface area contributed by atoms with E-state index in [4.69, 9.17) is 13.9 Å². The molecule has 0 spiro atoms. The van der Waals surface area contributed by atoms with Crippen molar-refractivity contribution < 1.29 is 28.3 Å². The summed E-state index contributed by atoms with van der Waals surface area (Å²) in [7, 11) is -2.00. The molecular formula is C22H44N2O6Si. The van der Waals surface area contributed by atoms with Gasteiger partial charge in [0.2, 0.25) is 5.91 Å². The van der Waals surface area contributed by atoms with Crippen LogP contribution in [0.25, 0.3) is 0 Å². The van der Waals surface area contributed by atoms with Crippen molar-refractivity contribution in [2.24, 2.45) is 0 Å². The predicted octanol–water partition coefficient (Wildman–Crippen LogP) is 5.12. The Morgan fingerprint density at radius 3 is 1.77 bits per heavy atom. The number of rotatable bonds is 8. The summed E-state index contributed by atoms with van der Waals surface area (Å²) in [5.74, 6) is -0.421. The van der Waals surface area contributed by atoms with Gasteiger partial charge in [0.05, 0.1) is 12.6 Å². The fourth-order valence-electron chi connectivity index (χ4n) is 2.19. The minimum absolute atomic E-state index is 0.0385. The van der Waals surface area contributed by atoms with E-state index in [0.717, 1.165) is 0 Å². The highest BCUT2D eigenvalue weighted by Crippen LogP contribution is 2.36. The second-order valence-electron chi connectivity index (χ2n) is 11.4. The van der Waals surface area contributed by atoms with Crippen LogP contribution in [0.15, 0.2) is 0 Å². The summed E-state index contributed by atoms with van der Waals surface area (Å²) in [6.07, 6.45) is -0.172. The summed E-state index contributed by atoms with van der Waals surface area (Å²) in [6.45, 7) is 21.7. The third-order valence-corrected chi connectivity index (χ3v) is 9.27. The number of ether oxygens (including phenoxy) is 2. The Kier molecular flexibility index (Phi) is 10.7. The van der Waals surface area contributed by atoms with Gasteiger partial charge in [-0.25, -0.2) is 9.59 Å². The SMILES string of the molecule is CC(C)(C)OC(=O)NC(=O)CCC[C@@H](CO[Si](C)(C)C(C)(C)C)NC(=O)OC(C)(C)C. The number of amides is 3. The van der Waals surface area contributed by atoms with Crippen LogP contribution in [0, 0.1) is 0 Å². The molecule has 0 aromatic carbocycles. The van der Waals surface area contributed by atoms with Crippen LogP contribution in [-0.4, -0.2) is 50.3 Å². The molecule has 0 saturated heterocycles. The monoisotopic (exact) mass is 460 g/mol. The number of hydrogen-bond donors (Lipinski definition) is 2. The van der Waals surface area contributed by atoms with E-state index in [2.05, 4.69) is 44.5 Å². The highest BCUT2D eigenvalue weighted by atomic mass is 28.4. The fourth-order valence-corrected chi connectivity index (χ4v) is 3.24. The summed E-state index contributed by atoms with van der Waals surface area (Å²) < 4.78 is 16.7. The first-order valence-electron chi connectivity index (χ1n) is 10.9.